The fraction of sp³-hybridized carbons (Fsp3) is 0.200. The largest absolute Gasteiger partial charge is 0.292 e. The lowest BCUT2D eigenvalue weighted by molar-refractivity contribution is 0.613. The molecule has 100 valence electrons. The topological polar surface area (TPSA) is 25.2 Å². The van der Waals surface area contributed by atoms with E-state index < -0.39 is 5.83 Å². The molecule has 2 nitrogen and oxygen atoms in total. The minimum Gasteiger partial charge on any atom is -0.292 e. The van der Waals surface area contributed by atoms with E-state index in [9.17, 15) is 4.39 Å². The molecule has 0 amide bonds. The highest BCUT2D eigenvalue weighted by Crippen LogP contribution is 2.20. The summed E-state index contributed by atoms with van der Waals surface area (Å²) < 4.78 is 13.8. The highest BCUT2D eigenvalue weighted by Gasteiger charge is 2.15. The Hall–Kier alpha value is -1.74. The predicted octanol–water partition coefficient (Wildman–Crippen LogP) is 3.90. The Labute approximate surface area is 118 Å². The van der Waals surface area contributed by atoms with E-state index in [-0.39, 0.29) is 11.9 Å². The molecule has 0 fully saturated rings. The molecule has 1 heterocycles. The molecule has 0 aliphatic carbocycles. The predicted molar refractivity (Wildman–Crippen MR) is 79.5 cm³/mol. The van der Waals surface area contributed by atoms with E-state index in [0.29, 0.717) is 12.0 Å². The van der Waals surface area contributed by atoms with Crippen LogP contribution in [-0.4, -0.2) is 23.6 Å². The average Bonchev–Trinajstić information content (AvgIpc) is 2.46. The van der Waals surface area contributed by atoms with Crippen molar-refractivity contribution in [2.45, 2.75) is 12.5 Å². The van der Waals surface area contributed by atoms with Gasteiger partial charge in [0.15, 0.2) is 0 Å². The van der Waals surface area contributed by atoms with Crippen molar-refractivity contribution in [3.63, 3.8) is 0 Å². The second kappa shape index (κ2) is 8.38. The number of alkyl halides is 1. The zero-order chi connectivity index (χ0) is 14.1. The number of hydrogen-bond acceptors (Lipinski definition) is 2. The van der Waals surface area contributed by atoms with Gasteiger partial charge in [0.2, 0.25) is 0 Å². The molecule has 1 rings (SSSR count). The zero-order valence-corrected chi connectivity index (χ0v) is 11.4. The monoisotopic (exact) mass is 278 g/mol. The summed E-state index contributed by atoms with van der Waals surface area (Å²) in [5, 5.41) is 0. The third kappa shape index (κ3) is 4.79. The molecule has 0 bridgehead atoms. The number of pyridine rings is 1. The van der Waals surface area contributed by atoms with Crippen LogP contribution in [0.15, 0.2) is 65.7 Å². The van der Waals surface area contributed by atoms with Crippen LogP contribution in [0.3, 0.4) is 0 Å². The van der Waals surface area contributed by atoms with Gasteiger partial charge in [-0.3, -0.25) is 9.98 Å². The van der Waals surface area contributed by atoms with Crippen LogP contribution < -0.4 is 0 Å². The average molecular weight is 279 g/mol. The molecule has 0 spiro atoms. The molecule has 1 atom stereocenters. The second-order valence-corrected chi connectivity index (χ2v) is 4.11. The second-order valence-electron chi connectivity index (χ2n) is 3.85. The Kier molecular flexibility index (Phi) is 6.75. The van der Waals surface area contributed by atoms with E-state index in [1.165, 1.54) is 0 Å². The molecule has 1 unspecified atom stereocenters. The molecule has 0 saturated carbocycles. The van der Waals surface area contributed by atoms with Gasteiger partial charge in [-0.2, -0.15) is 0 Å². The minimum atomic E-state index is -0.397. The Morgan fingerprint density at radius 1 is 1.47 bits per heavy atom. The maximum Gasteiger partial charge on any atom is 0.120 e. The minimum absolute atomic E-state index is 0.181. The number of halogens is 2. The zero-order valence-electron chi connectivity index (χ0n) is 10.6. The fourth-order valence-corrected chi connectivity index (χ4v) is 1.80. The normalized spacial score (nSPS) is 14.0. The molecule has 19 heavy (non-hydrogen) atoms. The quantitative estimate of drug-likeness (QED) is 0.422. The van der Waals surface area contributed by atoms with Crippen molar-refractivity contribution in [3.05, 3.63) is 66.3 Å². The molecule has 0 saturated heterocycles. The maximum absolute atomic E-state index is 13.8. The number of allylic oxidation sites excluding steroid dienone is 3. The van der Waals surface area contributed by atoms with Crippen LogP contribution >= 0.6 is 11.6 Å². The number of rotatable bonds is 7. The third-order valence-electron chi connectivity index (χ3n) is 2.60. The van der Waals surface area contributed by atoms with Crippen molar-refractivity contribution in [1.82, 2.24) is 4.98 Å². The molecule has 0 radical (unpaired) electrons. The summed E-state index contributed by atoms with van der Waals surface area (Å²) in [6, 6.07) is 3.36. The van der Waals surface area contributed by atoms with Gasteiger partial charge in [0, 0.05) is 18.0 Å². The van der Waals surface area contributed by atoms with Crippen LogP contribution in [0.4, 0.5) is 4.39 Å². The van der Waals surface area contributed by atoms with E-state index in [0.717, 1.165) is 5.56 Å². The Morgan fingerprint density at radius 3 is 2.68 bits per heavy atom. The van der Waals surface area contributed by atoms with Gasteiger partial charge in [0.05, 0.1) is 11.9 Å². The van der Waals surface area contributed by atoms with Crippen molar-refractivity contribution in [2.24, 2.45) is 4.99 Å². The van der Waals surface area contributed by atoms with Crippen LogP contribution in [0.25, 0.3) is 0 Å². The molecular weight excluding hydrogens is 263 g/mol. The van der Waals surface area contributed by atoms with E-state index in [2.05, 4.69) is 23.3 Å². The third-order valence-corrected chi connectivity index (χ3v) is 2.83. The summed E-state index contributed by atoms with van der Waals surface area (Å²) in [7, 11) is 0. The summed E-state index contributed by atoms with van der Waals surface area (Å²) in [6.07, 6.45) is 8.80. The van der Waals surface area contributed by atoms with Crippen molar-refractivity contribution < 1.29 is 4.39 Å². The first-order chi connectivity index (χ1) is 9.22. The molecule has 0 aromatic carbocycles. The van der Waals surface area contributed by atoms with Crippen molar-refractivity contribution in [2.75, 3.05) is 5.88 Å². The molecule has 0 N–H and O–H groups in total. The van der Waals surface area contributed by atoms with Gasteiger partial charge < -0.3 is 0 Å². The first-order valence-electron chi connectivity index (χ1n) is 5.81. The smallest absolute Gasteiger partial charge is 0.120 e. The Bertz CT molecular complexity index is 480. The van der Waals surface area contributed by atoms with Crippen LogP contribution in [0, 0.1) is 0 Å². The highest BCUT2D eigenvalue weighted by atomic mass is 35.5. The van der Waals surface area contributed by atoms with Crippen LogP contribution in [0.2, 0.25) is 0 Å². The maximum atomic E-state index is 13.8. The molecule has 1 aromatic rings. The first-order valence-corrected chi connectivity index (χ1v) is 6.34. The Morgan fingerprint density at radius 2 is 2.16 bits per heavy atom. The highest BCUT2D eigenvalue weighted by molar-refractivity contribution is 6.19. The van der Waals surface area contributed by atoms with Gasteiger partial charge in [0.1, 0.15) is 5.83 Å². The summed E-state index contributed by atoms with van der Waals surface area (Å²) in [5.74, 6) is -0.578. The van der Waals surface area contributed by atoms with Gasteiger partial charge in [-0.15, -0.1) is 11.6 Å². The number of aromatic nitrogens is 1. The number of nitrogens with zero attached hydrogens (tertiary/aromatic N) is 2. The van der Waals surface area contributed by atoms with Crippen molar-refractivity contribution in [1.29, 1.82) is 0 Å². The van der Waals surface area contributed by atoms with Crippen molar-refractivity contribution in [3.8, 4) is 0 Å². The van der Waals surface area contributed by atoms with E-state index in [1.807, 2.05) is 12.1 Å². The fourth-order valence-electron chi connectivity index (χ4n) is 1.65. The lowest BCUT2D eigenvalue weighted by atomic mass is 9.99. The molecule has 1 aromatic heterocycles. The summed E-state index contributed by atoms with van der Waals surface area (Å²) in [6.45, 7) is 7.10. The summed E-state index contributed by atoms with van der Waals surface area (Å²) in [4.78, 5) is 7.94. The molecular formula is C15H16ClFN2. The molecule has 0 aliphatic heterocycles. The van der Waals surface area contributed by atoms with Gasteiger partial charge in [-0.05, 0) is 30.8 Å². The SMILES string of the molecule is C=C/C=C\C(=C(\F)CCl)C(Cc1ccncc1)N=C. The first kappa shape index (κ1) is 15.3. The van der Waals surface area contributed by atoms with E-state index >= 15 is 0 Å². The van der Waals surface area contributed by atoms with Crippen LogP contribution in [-0.2, 0) is 6.42 Å². The number of aliphatic imine (C=N–C) groups is 1. The molecule has 4 heteroatoms. The lowest BCUT2D eigenvalue weighted by Gasteiger charge is -2.14. The van der Waals surface area contributed by atoms with Gasteiger partial charge >= 0.3 is 0 Å². The van der Waals surface area contributed by atoms with Gasteiger partial charge in [0.25, 0.3) is 0 Å². The summed E-state index contributed by atoms with van der Waals surface area (Å²) in [5.41, 5.74) is 1.45. The number of hydrogen-bond donors (Lipinski definition) is 0. The van der Waals surface area contributed by atoms with E-state index in [1.54, 1.807) is 30.6 Å². The molecule has 0 aliphatic rings. The van der Waals surface area contributed by atoms with Gasteiger partial charge in [-0.25, -0.2) is 4.39 Å². The summed E-state index contributed by atoms with van der Waals surface area (Å²) >= 11 is 5.57. The van der Waals surface area contributed by atoms with Crippen LogP contribution in [0.5, 0.6) is 0 Å². The van der Waals surface area contributed by atoms with E-state index in [4.69, 9.17) is 11.6 Å². The lowest BCUT2D eigenvalue weighted by Crippen LogP contribution is -2.12. The standard InChI is InChI=1S/C15H16ClFN2/c1-3-4-5-13(14(17)11-16)15(18-2)10-12-6-8-19-9-7-12/h3-9,15H,1-2,10-11H2/b5-4-,14-13-. The van der Waals surface area contributed by atoms with Gasteiger partial charge in [-0.1, -0.05) is 24.8 Å². The van der Waals surface area contributed by atoms with Crippen LogP contribution in [0.1, 0.15) is 5.56 Å². The Balaban J connectivity index is 3.01. The van der Waals surface area contributed by atoms with Crippen molar-refractivity contribution >= 4 is 18.3 Å².